The van der Waals surface area contributed by atoms with Crippen molar-refractivity contribution in [3.8, 4) is 17.0 Å². The predicted molar refractivity (Wildman–Crippen MR) is 99.7 cm³/mol. The second-order valence-corrected chi connectivity index (χ2v) is 6.51. The average molecular weight is 366 g/mol. The Morgan fingerprint density at radius 2 is 2.19 bits per heavy atom. The number of aromatic hydroxyl groups is 1. The molecule has 138 valence electrons. The zero-order chi connectivity index (χ0) is 18.8. The van der Waals surface area contributed by atoms with Gasteiger partial charge in [0.05, 0.1) is 5.56 Å². The molecule has 0 spiro atoms. The number of phenolic OH excluding ortho intramolecular Hbond substituents is 1. The second kappa shape index (κ2) is 7.15. The number of allylic oxidation sites excluding steroid dienone is 4. The van der Waals surface area contributed by atoms with Gasteiger partial charge in [0.25, 0.3) is 0 Å². The highest BCUT2D eigenvalue weighted by Gasteiger charge is 2.23. The Labute approximate surface area is 156 Å². The van der Waals surface area contributed by atoms with E-state index in [4.69, 9.17) is 9.47 Å². The van der Waals surface area contributed by atoms with Gasteiger partial charge in [0.1, 0.15) is 35.5 Å². The van der Waals surface area contributed by atoms with E-state index in [9.17, 15) is 9.50 Å². The molecule has 0 saturated heterocycles. The molecule has 0 unspecified atom stereocenters. The van der Waals surface area contributed by atoms with Crippen LogP contribution in [0.3, 0.4) is 0 Å². The van der Waals surface area contributed by atoms with E-state index in [2.05, 4.69) is 22.3 Å². The lowest BCUT2D eigenvalue weighted by Gasteiger charge is -2.19. The third-order valence-electron chi connectivity index (χ3n) is 4.52. The van der Waals surface area contributed by atoms with Crippen LogP contribution >= 0.6 is 0 Å². The van der Waals surface area contributed by atoms with Gasteiger partial charge < -0.3 is 14.6 Å². The van der Waals surface area contributed by atoms with Gasteiger partial charge in [-0.05, 0) is 38.0 Å². The third-order valence-corrected chi connectivity index (χ3v) is 4.52. The number of halogens is 1. The van der Waals surface area contributed by atoms with Crippen molar-refractivity contribution < 1.29 is 19.0 Å². The van der Waals surface area contributed by atoms with Crippen molar-refractivity contribution >= 4 is 5.76 Å². The van der Waals surface area contributed by atoms with Crippen molar-refractivity contribution in [2.45, 2.75) is 26.2 Å². The van der Waals surface area contributed by atoms with Crippen molar-refractivity contribution in [3.63, 3.8) is 0 Å². The highest BCUT2D eigenvalue weighted by molar-refractivity contribution is 5.80. The largest absolute Gasteiger partial charge is 0.507 e. The summed E-state index contributed by atoms with van der Waals surface area (Å²) >= 11 is 0. The summed E-state index contributed by atoms with van der Waals surface area (Å²) in [6, 6.07) is 3.75. The van der Waals surface area contributed by atoms with E-state index in [-0.39, 0.29) is 11.3 Å². The summed E-state index contributed by atoms with van der Waals surface area (Å²) in [6.45, 7) is 1.83. The molecular formula is C21H19FN2O3. The number of ether oxygens (including phenoxy) is 2. The number of aryl methyl sites for hydroxylation is 1. The van der Waals surface area contributed by atoms with Gasteiger partial charge in [0.2, 0.25) is 0 Å². The van der Waals surface area contributed by atoms with Crippen molar-refractivity contribution in [2.24, 2.45) is 0 Å². The van der Waals surface area contributed by atoms with Crippen LogP contribution in [0.25, 0.3) is 17.0 Å². The van der Waals surface area contributed by atoms with Gasteiger partial charge in [-0.2, -0.15) is 5.10 Å². The number of benzene rings is 1. The molecule has 1 aromatic carbocycles. The van der Waals surface area contributed by atoms with Crippen molar-refractivity contribution in [2.75, 3.05) is 0 Å². The van der Waals surface area contributed by atoms with E-state index in [1.165, 1.54) is 30.0 Å². The Kier molecular flexibility index (Phi) is 4.54. The van der Waals surface area contributed by atoms with Crippen LogP contribution in [0.15, 0.2) is 60.3 Å². The normalized spacial score (nSPS) is 16.1. The molecule has 2 aliphatic rings. The lowest BCUT2D eigenvalue weighted by molar-refractivity contribution is 0.273. The maximum absolute atomic E-state index is 13.7. The molecule has 2 N–H and O–H groups in total. The van der Waals surface area contributed by atoms with Crippen LogP contribution in [-0.4, -0.2) is 15.3 Å². The van der Waals surface area contributed by atoms with E-state index in [0.29, 0.717) is 29.2 Å². The molecule has 2 aromatic rings. The SMILES string of the molecule is Cc1[nH]nc(-c2cc(F)ccc2O)c1C1=COC=C(CC2=CC=CCC2)O1. The number of rotatable bonds is 4. The van der Waals surface area contributed by atoms with E-state index in [0.717, 1.165) is 18.5 Å². The molecule has 27 heavy (non-hydrogen) atoms. The number of hydrogen-bond donors (Lipinski definition) is 2. The average Bonchev–Trinajstić information content (AvgIpc) is 3.06. The molecule has 6 heteroatoms. The number of aromatic amines is 1. The van der Waals surface area contributed by atoms with Crippen LogP contribution in [0.5, 0.6) is 5.75 Å². The summed E-state index contributed by atoms with van der Waals surface area (Å²) in [4.78, 5) is 0. The summed E-state index contributed by atoms with van der Waals surface area (Å²) in [5.74, 6) is 0.631. The first-order valence-corrected chi connectivity index (χ1v) is 8.73. The second-order valence-electron chi connectivity index (χ2n) is 6.51. The minimum Gasteiger partial charge on any atom is -0.507 e. The first-order valence-electron chi connectivity index (χ1n) is 8.73. The molecule has 0 amide bonds. The Balaban J connectivity index is 1.63. The van der Waals surface area contributed by atoms with E-state index in [1.54, 1.807) is 6.26 Å². The van der Waals surface area contributed by atoms with Crippen LogP contribution in [-0.2, 0) is 9.47 Å². The third kappa shape index (κ3) is 3.51. The summed E-state index contributed by atoms with van der Waals surface area (Å²) in [7, 11) is 0. The zero-order valence-corrected chi connectivity index (χ0v) is 14.8. The monoisotopic (exact) mass is 366 g/mol. The Morgan fingerprint density at radius 3 is 3.00 bits per heavy atom. The van der Waals surface area contributed by atoms with Crippen molar-refractivity contribution in [1.29, 1.82) is 0 Å². The summed E-state index contributed by atoms with van der Waals surface area (Å²) < 4.78 is 25.2. The minimum atomic E-state index is -0.456. The number of phenols is 1. The first kappa shape index (κ1) is 17.1. The Hall–Kier alpha value is -3.28. The molecule has 2 heterocycles. The van der Waals surface area contributed by atoms with E-state index in [1.807, 2.05) is 13.0 Å². The van der Waals surface area contributed by atoms with E-state index >= 15 is 0 Å². The fourth-order valence-corrected chi connectivity index (χ4v) is 3.20. The Morgan fingerprint density at radius 1 is 1.30 bits per heavy atom. The molecule has 4 rings (SSSR count). The fraction of sp³-hybridized carbons (Fsp3) is 0.190. The van der Waals surface area contributed by atoms with Gasteiger partial charge in [-0.15, -0.1) is 0 Å². The molecular weight excluding hydrogens is 347 g/mol. The summed E-state index contributed by atoms with van der Waals surface area (Å²) in [5, 5.41) is 17.3. The van der Waals surface area contributed by atoms with Gasteiger partial charge in [0.15, 0.2) is 5.76 Å². The van der Waals surface area contributed by atoms with E-state index < -0.39 is 5.82 Å². The summed E-state index contributed by atoms with van der Waals surface area (Å²) in [6.07, 6.45) is 12.0. The van der Waals surface area contributed by atoms with Crippen LogP contribution in [0.1, 0.15) is 30.5 Å². The molecule has 0 bridgehead atoms. The number of H-pyrrole nitrogens is 1. The van der Waals surface area contributed by atoms with Gasteiger partial charge in [-0.3, -0.25) is 5.10 Å². The lowest BCUT2D eigenvalue weighted by atomic mass is 10.0. The van der Waals surface area contributed by atoms with Crippen LogP contribution < -0.4 is 0 Å². The highest BCUT2D eigenvalue weighted by Crippen LogP contribution is 2.38. The lowest BCUT2D eigenvalue weighted by Crippen LogP contribution is -2.03. The van der Waals surface area contributed by atoms with Crippen molar-refractivity contribution in [1.82, 2.24) is 10.2 Å². The molecule has 1 aromatic heterocycles. The quantitative estimate of drug-likeness (QED) is 0.792. The smallest absolute Gasteiger partial charge is 0.173 e. The molecule has 5 nitrogen and oxygen atoms in total. The van der Waals surface area contributed by atoms with Gasteiger partial charge >= 0.3 is 0 Å². The molecule has 1 aliphatic carbocycles. The maximum atomic E-state index is 13.7. The number of nitrogens with zero attached hydrogens (tertiary/aromatic N) is 1. The maximum Gasteiger partial charge on any atom is 0.173 e. The van der Waals surface area contributed by atoms with Crippen LogP contribution in [0.4, 0.5) is 4.39 Å². The minimum absolute atomic E-state index is 0.0589. The number of hydrogen-bond acceptors (Lipinski definition) is 4. The molecule has 0 radical (unpaired) electrons. The standard InChI is InChI=1S/C21H19FN2O3/c1-13-20(21(24-23-13)17-10-15(22)7-8-18(17)25)19-12-26-11-16(27-19)9-14-5-3-2-4-6-14/h2-3,5,7-8,10-12,25H,4,6,9H2,1H3,(H,23,24). The predicted octanol–water partition coefficient (Wildman–Crippen LogP) is 5.08. The number of aromatic nitrogens is 2. The topological polar surface area (TPSA) is 67.4 Å². The van der Waals surface area contributed by atoms with Gasteiger partial charge in [-0.25, -0.2) is 4.39 Å². The molecule has 0 saturated carbocycles. The first-order chi connectivity index (χ1) is 13.1. The fourth-order valence-electron chi connectivity index (χ4n) is 3.20. The van der Waals surface area contributed by atoms with Gasteiger partial charge in [-0.1, -0.05) is 23.8 Å². The molecule has 0 fully saturated rings. The van der Waals surface area contributed by atoms with Crippen LogP contribution in [0, 0.1) is 12.7 Å². The van der Waals surface area contributed by atoms with Crippen molar-refractivity contribution in [3.05, 3.63) is 77.4 Å². The summed E-state index contributed by atoms with van der Waals surface area (Å²) in [5.41, 5.74) is 3.31. The number of nitrogens with one attached hydrogen (secondary N) is 1. The highest BCUT2D eigenvalue weighted by atomic mass is 19.1. The molecule has 0 atom stereocenters. The van der Waals surface area contributed by atoms with Gasteiger partial charge in [0, 0.05) is 17.7 Å². The van der Waals surface area contributed by atoms with Crippen LogP contribution in [0.2, 0.25) is 0 Å². The zero-order valence-electron chi connectivity index (χ0n) is 14.8. The molecule has 1 aliphatic heterocycles. The Bertz CT molecular complexity index is 999.